The van der Waals surface area contributed by atoms with Crippen molar-refractivity contribution in [3.8, 4) is 5.75 Å². The molecular weight excluding hydrogens is 810 g/mol. The van der Waals surface area contributed by atoms with Crippen LogP contribution in [0.5, 0.6) is 5.75 Å². The number of benzene rings is 4. The first kappa shape index (κ1) is 50.6. The summed E-state index contributed by atoms with van der Waals surface area (Å²) in [4.78, 5) is 42.0. The van der Waals surface area contributed by atoms with Gasteiger partial charge in [-0.05, 0) is 98.0 Å². The van der Waals surface area contributed by atoms with Gasteiger partial charge in [-0.2, -0.15) is 13.5 Å². The molecule has 4 rings (SSSR count). The molecule has 0 saturated heterocycles. The third kappa shape index (κ3) is 15.9. The van der Waals surface area contributed by atoms with E-state index in [0.29, 0.717) is 35.0 Å². The minimum Gasteiger partial charge on any atom is -0.428 e. The Morgan fingerprint density at radius 1 is 0.836 bits per heavy atom. The number of ether oxygens (including phenoxy) is 2. The number of urea groups is 1. The lowest BCUT2D eigenvalue weighted by atomic mass is 9.78. The molecule has 0 saturated carbocycles. The van der Waals surface area contributed by atoms with Crippen molar-refractivity contribution in [1.82, 2.24) is 0 Å². The summed E-state index contributed by atoms with van der Waals surface area (Å²) in [5.74, 6) is -0.539. The summed E-state index contributed by atoms with van der Waals surface area (Å²) >= 11 is 0. The molecule has 0 aliphatic carbocycles. The standard InChI is InChI=1S/C48H64N3O8P.H2S/c1-11-24-51(30-33(3)4)42-23-20-39(27-41(42)50-47(54)49-40-21-18-34(5)19-22-40)38(12-2)28-44(52)56-32-57-45(53)29-48(8,9)46-36(7)25-35(6)26-43(46)59-60(10,55)58-31-37-16-14-13-15-17-37;/h13-23,25-27,33,38H,11-12,24,28-32H2,1-10H3,(H2,49,50,54);1H2/t38-,60?;/m0./s1. The highest BCUT2D eigenvalue weighted by atomic mass is 32.1. The normalized spacial score (nSPS) is 12.7. The number of nitrogens with one attached hydrogen (secondary N) is 2. The summed E-state index contributed by atoms with van der Waals surface area (Å²) in [6, 6.07) is 26.4. The molecule has 11 nitrogen and oxygen atoms in total. The molecule has 13 heteroatoms. The number of hydrogen-bond acceptors (Lipinski definition) is 9. The summed E-state index contributed by atoms with van der Waals surface area (Å²) in [6.07, 6.45) is 1.55. The SMILES string of the molecule is CCCN(CC(C)C)c1ccc([C@@H](CC)CC(=O)OCOC(=O)CC(C)(C)c2c(C)cc(C)cc2OP(C)(=O)OCc2ccccc2)cc1NC(=O)Nc1ccc(C)cc1.S. The zero-order valence-electron chi connectivity index (χ0n) is 37.6. The Morgan fingerprint density at radius 3 is 2.15 bits per heavy atom. The van der Waals surface area contributed by atoms with Crippen LogP contribution < -0.4 is 20.1 Å². The van der Waals surface area contributed by atoms with Gasteiger partial charge in [-0.3, -0.25) is 14.1 Å². The van der Waals surface area contributed by atoms with Crippen LogP contribution in [0.1, 0.15) is 107 Å². The van der Waals surface area contributed by atoms with Crippen LogP contribution in [0.25, 0.3) is 0 Å². The molecular formula is C48H66N3O8PS. The lowest BCUT2D eigenvalue weighted by molar-refractivity contribution is -0.168. The molecule has 0 fully saturated rings. The van der Waals surface area contributed by atoms with Crippen LogP contribution in [0, 0.1) is 26.7 Å². The van der Waals surface area contributed by atoms with Crippen molar-refractivity contribution in [2.75, 3.05) is 42.1 Å². The van der Waals surface area contributed by atoms with Gasteiger partial charge >= 0.3 is 25.6 Å². The molecule has 332 valence electrons. The largest absolute Gasteiger partial charge is 0.428 e. The van der Waals surface area contributed by atoms with Crippen LogP contribution >= 0.6 is 21.1 Å². The van der Waals surface area contributed by atoms with Gasteiger partial charge in [-0.15, -0.1) is 0 Å². The van der Waals surface area contributed by atoms with E-state index in [0.717, 1.165) is 53.0 Å². The molecule has 1 unspecified atom stereocenters. The van der Waals surface area contributed by atoms with E-state index in [1.165, 1.54) is 6.66 Å². The minimum atomic E-state index is -3.55. The molecule has 0 aliphatic heterocycles. The van der Waals surface area contributed by atoms with Gasteiger partial charge in [0.25, 0.3) is 0 Å². The van der Waals surface area contributed by atoms with Gasteiger partial charge in [0.15, 0.2) is 0 Å². The Balaban J connectivity index is 0.00000992. The number of anilines is 3. The summed E-state index contributed by atoms with van der Waals surface area (Å²) < 4.78 is 36.2. The zero-order chi connectivity index (χ0) is 44.0. The van der Waals surface area contributed by atoms with E-state index >= 15 is 0 Å². The first-order chi connectivity index (χ1) is 28.4. The fourth-order valence-electron chi connectivity index (χ4n) is 7.38. The van der Waals surface area contributed by atoms with Gasteiger partial charge in [0.2, 0.25) is 6.79 Å². The van der Waals surface area contributed by atoms with E-state index in [4.69, 9.17) is 18.5 Å². The number of carbonyl (C=O) groups is 3. The van der Waals surface area contributed by atoms with Crippen molar-refractivity contribution in [3.05, 3.63) is 118 Å². The van der Waals surface area contributed by atoms with Crippen molar-refractivity contribution in [3.63, 3.8) is 0 Å². The van der Waals surface area contributed by atoms with Gasteiger partial charge in [0, 0.05) is 36.4 Å². The molecule has 0 radical (unpaired) electrons. The molecule has 2 amide bonds. The second-order valence-electron chi connectivity index (χ2n) is 16.7. The number of rotatable bonds is 21. The lowest BCUT2D eigenvalue weighted by Crippen LogP contribution is -2.30. The first-order valence-electron chi connectivity index (χ1n) is 20.8. The average Bonchev–Trinajstić information content (AvgIpc) is 3.16. The number of esters is 2. The molecule has 4 aromatic carbocycles. The zero-order valence-corrected chi connectivity index (χ0v) is 39.4. The maximum absolute atomic E-state index is 13.5. The number of aryl methyl sites for hydroxylation is 3. The monoisotopic (exact) mass is 875 g/mol. The second-order valence-corrected chi connectivity index (χ2v) is 18.6. The number of nitrogens with zero attached hydrogens (tertiary/aromatic N) is 1. The molecule has 4 aromatic rings. The van der Waals surface area contributed by atoms with Crippen LogP contribution in [0.15, 0.2) is 84.9 Å². The number of hydrogen-bond donors (Lipinski definition) is 2. The van der Waals surface area contributed by atoms with E-state index in [2.05, 4.69) is 36.3 Å². The Hall–Kier alpha value is -4.77. The molecule has 0 spiro atoms. The topological polar surface area (TPSA) is 133 Å². The molecule has 0 aromatic heterocycles. The van der Waals surface area contributed by atoms with E-state index < -0.39 is 31.7 Å². The van der Waals surface area contributed by atoms with Gasteiger partial charge in [-0.25, -0.2) is 9.36 Å². The van der Waals surface area contributed by atoms with Crippen LogP contribution in [0.3, 0.4) is 0 Å². The van der Waals surface area contributed by atoms with Crippen LogP contribution in [0.2, 0.25) is 0 Å². The lowest BCUT2D eigenvalue weighted by Gasteiger charge is -2.30. The molecule has 0 aliphatic rings. The van der Waals surface area contributed by atoms with E-state index in [-0.39, 0.29) is 44.9 Å². The number of carbonyl (C=O) groups excluding carboxylic acids is 3. The van der Waals surface area contributed by atoms with Gasteiger partial charge in [0.1, 0.15) is 5.75 Å². The van der Waals surface area contributed by atoms with E-state index in [1.54, 1.807) is 6.07 Å². The smallest absolute Gasteiger partial charge is 0.376 e. The van der Waals surface area contributed by atoms with Gasteiger partial charge < -0.3 is 29.5 Å². The summed E-state index contributed by atoms with van der Waals surface area (Å²) in [5.41, 5.74) is 6.72. The average molecular weight is 876 g/mol. The van der Waals surface area contributed by atoms with E-state index in [1.807, 2.05) is 120 Å². The Kier molecular flexibility index (Phi) is 19.4. The highest BCUT2D eigenvalue weighted by Crippen LogP contribution is 2.49. The third-order valence-electron chi connectivity index (χ3n) is 10.1. The summed E-state index contributed by atoms with van der Waals surface area (Å²) in [6.45, 7) is 20.7. The van der Waals surface area contributed by atoms with Crippen molar-refractivity contribution >= 4 is 56.1 Å². The van der Waals surface area contributed by atoms with Gasteiger partial charge in [-0.1, -0.05) is 102 Å². The predicted octanol–water partition coefficient (Wildman–Crippen LogP) is 12.0. The van der Waals surface area contributed by atoms with Crippen LogP contribution in [-0.4, -0.2) is 44.5 Å². The highest BCUT2D eigenvalue weighted by Gasteiger charge is 2.33. The maximum Gasteiger partial charge on any atom is 0.376 e. The Labute approximate surface area is 370 Å². The van der Waals surface area contributed by atoms with Gasteiger partial charge in [0.05, 0.1) is 30.8 Å². The highest BCUT2D eigenvalue weighted by molar-refractivity contribution is 7.59. The molecule has 0 heterocycles. The van der Waals surface area contributed by atoms with Crippen molar-refractivity contribution < 1.29 is 37.5 Å². The second kappa shape index (κ2) is 23.4. The minimum absolute atomic E-state index is 0. The third-order valence-corrected chi connectivity index (χ3v) is 11.2. The van der Waals surface area contributed by atoms with Crippen LogP contribution in [0.4, 0.5) is 21.9 Å². The van der Waals surface area contributed by atoms with Crippen LogP contribution in [-0.2, 0) is 40.2 Å². The fourth-order valence-corrected chi connectivity index (χ4v) is 8.32. The summed E-state index contributed by atoms with van der Waals surface area (Å²) in [7, 11) is -3.55. The maximum atomic E-state index is 13.5. The molecule has 2 atom stereocenters. The Bertz CT molecular complexity index is 2110. The van der Waals surface area contributed by atoms with Crippen molar-refractivity contribution in [2.24, 2.45) is 5.92 Å². The van der Waals surface area contributed by atoms with E-state index in [9.17, 15) is 18.9 Å². The Morgan fingerprint density at radius 2 is 1.51 bits per heavy atom. The molecule has 61 heavy (non-hydrogen) atoms. The number of amides is 2. The quantitative estimate of drug-likeness (QED) is 0.0477. The summed E-state index contributed by atoms with van der Waals surface area (Å²) in [5, 5.41) is 6.00. The molecule has 0 bridgehead atoms. The predicted molar refractivity (Wildman–Crippen MR) is 252 cm³/mol. The fraction of sp³-hybridized carbons (Fsp3) is 0.438. The first-order valence-corrected chi connectivity index (χ1v) is 22.8. The van der Waals surface area contributed by atoms with Crippen molar-refractivity contribution in [2.45, 2.75) is 106 Å². The molecule has 2 N–H and O–H groups in total. The van der Waals surface area contributed by atoms with Crippen molar-refractivity contribution in [1.29, 1.82) is 0 Å².